The van der Waals surface area contributed by atoms with Gasteiger partial charge in [0, 0.05) is 16.4 Å². The average molecular weight is 309 g/mol. The van der Waals surface area contributed by atoms with Crippen LogP contribution in [0.15, 0.2) is 23.1 Å². The number of sulfone groups is 1. The summed E-state index contributed by atoms with van der Waals surface area (Å²) in [5, 5.41) is 9.07. The highest BCUT2D eigenvalue weighted by Crippen LogP contribution is 2.24. The van der Waals surface area contributed by atoms with Crippen LogP contribution in [0, 0.1) is 0 Å². The van der Waals surface area contributed by atoms with Gasteiger partial charge in [-0.2, -0.15) is 0 Å². The first kappa shape index (κ1) is 15.3. The third kappa shape index (κ3) is 4.51. The van der Waals surface area contributed by atoms with E-state index in [9.17, 15) is 13.2 Å². The molecule has 0 aliphatic heterocycles. The molecule has 1 rings (SSSR count). The van der Waals surface area contributed by atoms with Gasteiger partial charge < -0.3 is 5.11 Å². The van der Waals surface area contributed by atoms with Gasteiger partial charge in [0.05, 0.1) is 16.3 Å². The Hall–Kier alpha value is -0.720. The van der Waals surface area contributed by atoms with Crippen molar-refractivity contribution in [3.63, 3.8) is 0 Å². The largest absolute Gasteiger partial charge is 0.478 e. The van der Waals surface area contributed by atoms with Gasteiger partial charge in [0.1, 0.15) is 0 Å². The van der Waals surface area contributed by atoms with Gasteiger partial charge in [-0.25, -0.2) is 13.2 Å². The van der Waals surface area contributed by atoms with Crippen LogP contribution >= 0.6 is 23.4 Å². The fourth-order valence-corrected chi connectivity index (χ4v) is 3.63. The maximum atomic E-state index is 11.3. The molecule has 18 heavy (non-hydrogen) atoms. The summed E-state index contributed by atoms with van der Waals surface area (Å²) in [7, 11) is -2.99. The Morgan fingerprint density at radius 2 is 2.11 bits per heavy atom. The van der Waals surface area contributed by atoms with E-state index in [4.69, 9.17) is 16.7 Å². The van der Waals surface area contributed by atoms with Crippen molar-refractivity contribution in [1.29, 1.82) is 0 Å². The molecule has 0 amide bonds. The van der Waals surface area contributed by atoms with Gasteiger partial charge in [0.15, 0.2) is 9.84 Å². The normalized spacial score (nSPS) is 11.4. The number of hydrogen-bond acceptors (Lipinski definition) is 4. The maximum Gasteiger partial charge on any atom is 0.337 e. The summed E-state index contributed by atoms with van der Waals surface area (Å²) in [6.45, 7) is 1.60. The number of halogens is 1. The van der Waals surface area contributed by atoms with Crippen molar-refractivity contribution in [2.24, 2.45) is 0 Å². The Morgan fingerprint density at radius 1 is 1.44 bits per heavy atom. The molecule has 7 heteroatoms. The molecule has 100 valence electrons. The van der Waals surface area contributed by atoms with Crippen LogP contribution in [0.3, 0.4) is 0 Å². The Labute approximate surface area is 115 Å². The van der Waals surface area contributed by atoms with Crippen molar-refractivity contribution in [3.8, 4) is 0 Å². The first-order chi connectivity index (χ1) is 8.35. The van der Waals surface area contributed by atoms with Crippen molar-refractivity contribution >= 4 is 39.2 Å². The molecule has 1 N–H and O–H groups in total. The van der Waals surface area contributed by atoms with E-state index in [2.05, 4.69) is 0 Å². The van der Waals surface area contributed by atoms with Crippen LogP contribution in [0.25, 0.3) is 0 Å². The number of thioether (sulfide) groups is 1. The first-order valence-electron chi connectivity index (χ1n) is 5.22. The quantitative estimate of drug-likeness (QED) is 0.818. The average Bonchev–Trinajstić information content (AvgIpc) is 2.31. The third-order valence-electron chi connectivity index (χ3n) is 2.27. The number of carbonyl (C=O) groups is 1. The standard InChI is InChI=1S/C11H13ClO4S2/c1-2-18(15,16)6-5-17-8-3-4-10(12)9(7-8)11(13)14/h3-4,7H,2,5-6H2,1H3,(H,13,14). The molecular weight excluding hydrogens is 296 g/mol. The zero-order chi connectivity index (χ0) is 13.8. The summed E-state index contributed by atoms with van der Waals surface area (Å²) >= 11 is 7.04. The minimum absolute atomic E-state index is 0.0278. The Kier molecular flexibility index (Phi) is 5.49. The summed E-state index contributed by atoms with van der Waals surface area (Å²) in [5.74, 6) is -0.492. The van der Waals surface area contributed by atoms with Gasteiger partial charge in [-0.3, -0.25) is 0 Å². The minimum Gasteiger partial charge on any atom is -0.478 e. The lowest BCUT2D eigenvalue weighted by Gasteiger charge is -2.04. The Bertz CT molecular complexity index is 540. The van der Waals surface area contributed by atoms with Crippen LogP contribution in [0.5, 0.6) is 0 Å². The highest BCUT2D eigenvalue weighted by Gasteiger charge is 2.11. The lowest BCUT2D eigenvalue weighted by Crippen LogP contribution is -2.10. The predicted octanol–water partition coefficient (Wildman–Crippen LogP) is 2.57. The van der Waals surface area contributed by atoms with E-state index >= 15 is 0 Å². The van der Waals surface area contributed by atoms with Gasteiger partial charge in [0.2, 0.25) is 0 Å². The molecule has 0 aliphatic carbocycles. The Morgan fingerprint density at radius 3 is 2.67 bits per heavy atom. The van der Waals surface area contributed by atoms with Crippen LogP contribution in [0.1, 0.15) is 17.3 Å². The molecule has 0 saturated heterocycles. The summed E-state index contributed by atoms with van der Waals surface area (Å²) in [6.07, 6.45) is 0. The predicted molar refractivity (Wildman–Crippen MR) is 73.5 cm³/mol. The molecule has 1 aromatic rings. The zero-order valence-electron chi connectivity index (χ0n) is 9.72. The molecule has 0 heterocycles. The molecular formula is C11H13ClO4S2. The van der Waals surface area contributed by atoms with Crippen LogP contribution < -0.4 is 0 Å². The van der Waals surface area contributed by atoms with E-state index in [-0.39, 0.29) is 22.1 Å². The van der Waals surface area contributed by atoms with Gasteiger partial charge in [0.25, 0.3) is 0 Å². The van der Waals surface area contributed by atoms with E-state index in [0.29, 0.717) is 10.6 Å². The Balaban J connectivity index is 2.69. The number of carboxylic acids is 1. The van der Waals surface area contributed by atoms with Crippen molar-refractivity contribution in [2.45, 2.75) is 11.8 Å². The number of rotatable bonds is 6. The third-order valence-corrected chi connectivity index (χ3v) is 5.56. The smallest absolute Gasteiger partial charge is 0.337 e. The molecule has 0 bridgehead atoms. The maximum absolute atomic E-state index is 11.3. The molecule has 0 atom stereocenters. The number of aromatic carboxylic acids is 1. The number of benzene rings is 1. The summed E-state index contributed by atoms with van der Waals surface area (Å²) in [6, 6.07) is 4.63. The van der Waals surface area contributed by atoms with Crippen molar-refractivity contribution < 1.29 is 18.3 Å². The molecule has 0 fully saturated rings. The van der Waals surface area contributed by atoms with Crippen LogP contribution in [-0.2, 0) is 9.84 Å². The van der Waals surface area contributed by atoms with E-state index in [1.54, 1.807) is 13.0 Å². The fourth-order valence-electron chi connectivity index (χ4n) is 1.19. The van der Waals surface area contributed by atoms with E-state index in [1.165, 1.54) is 23.9 Å². The van der Waals surface area contributed by atoms with Crippen molar-refractivity contribution in [2.75, 3.05) is 17.3 Å². The monoisotopic (exact) mass is 308 g/mol. The molecule has 0 spiro atoms. The lowest BCUT2D eigenvalue weighted by molar-refractivity contribution is 0.0697. The second kappa shape index (κ2) is 6.45. The highest BCUT2D eigenvalue weighted by atomic mass is 35.5. The molecule has 4 nitrogen and oxygen atoms in total. The highest BCUT2D eigenvalue weighted by molar-refractivity contribution is 8.00. The lowest BCUT2D eigenvalue weighted by atomic mass is 10.2. The van der Waals surface area contributed by atoms with Crippen LogP contribution in [-0.4, -0.2) is 36.8 Å². The zero-order valence-corrected chi connectivity index (χ0v) is 12.1. The second-order valence-corrected chi connectivity index (χ2v) is 7.58. The van der Waals surface area contributed by atoms with Gasteiger partial charge >= 0.3 is 5.97 Å². The van der Waals surface area contributed by atoms with E-state index in [0.717, 1.165) is 0 Å². The summed E-state index contributed by atoms with van der Waals surface area (Å²) in [5.41, 5.74) is 0.0278. The van der Waals surface area contributed by atoms with Crippen LogP contribution in [0.4, 0.5) is 0 Å². The van der Waals surface area contributed by atoms with Crippen molar-refractivity contribution in [1.82, 2.24) is 0 Å². The molecule has 0 unspecified atom stereocenters. The SMILES string of the molecule is CCS(=O)(=O)CCSc1ccc(Cl)c(C(=O)O)c1. The number of hydrogen-bond donors (Lipinski definition) is 1. The van der Waals surface area contributed by atoms with Crippen LogP contribution in [0.2, 0.25) is 5.02 Å². The topological polar surface area (TPSA) is 71.4 Å². The molecule has 0 radical (unpaired) electrons. The minimum atomic E-state index is -2.99. The molecule has 1 aromatic carbocycles. The molecule has 0 saturated carbocycles. The van der Waals surface area contributed by atoms with E-state index < -0.39 is 15.8 Å². The summed E-state index contributed by atoms with van der Waals surface area (Å²) < 4.78 is 22.6. The van der Waals surface area contributed by atoms with Gasteiger partial charge in [-0.15, -0.1) is 11.8 Å². The molecule has 0 aliphatic rings. The number of carboxylic acid groups (broad SMARTS) is 1. The van der Waals surface area contributed by atoms with Gasteiger partial charge in [-0.05, 0) is 18.2 Å². The molecule has 0 aromatic heterocycles. The van der Waals surface area contributed by atoms with Crippen molar-refractivity contribution in [3.05, 3.63) is 28.8 Å². The fraction of sp³-hybridized carbons (Fsp3) is 0.364. The van der Waals surface area contributed by atoms with E-state index in [1.807, 2.05) is 0 Å². The second-order valence-electron chi connectivity index (χ2n) is 3.53. The van der Waals surface area contributed by atoms with Gasteiger partial charge in [-0.1, -0.05) is 18.5 Å². The summed E-state index contributed by atoms with van der Waals surface area (Å²) in [4.78, 5) is 11.6. The first-order valence-corrected chi connectivity index (χ1v) is 8.40.